The minimum Gasteiger partial charge on any atom is -0.480 e. The van der Waals surface area contributed by atoms with Gasteiger partial charge in [-0.25, -0.2) is 4.79 Å². The van der Waals surface area contributed by atoms with Crippen molar-refractivity contribution in [2.24, 2.45) is 5.73 Å². The number of nitrogens with zero attached hydrogens (tertiary/aromatic N) is 1. The molecule has 1 aliphatic heterocycles. The summed E-state index contributed by atoms with van der Waals surface area (Å²) in [7, 11) is 0. The fourth-order valence-corrected chi connectivity index (χ4v) is 3.95. The van der Waals surface area contributed by atoms with Crippen molar-refractivity contribution in [2.45, 2.75) is 12.8 Å². The van der Waals surface area contributed by atoms with Crippen LogP contribution in [-0.2, 0) is 4.79 Å². The van der Waals surface area contributed by atoms with Crippen molar-refractivity contribution in [2.75, 3.05) is 6.61 Å². The Morgan fingerprint density at radius 3 is 2.58 bits per heavy atom. The van der Waals surface area contributed by atoms with Crippen LogP contribution in [0.25, 0.3) is 0 Å². The Kier molecular flexibility index (Phi) is 6.45. The number of carbonyl (C=O) groups is 1. The number of halogens is 2. The Balaban J connectivity index is 1.53. The third-order valence-corrected chi connectivity index (χ3v) is 5.60. The lowest BCUT2D eigenvalue weighted by atomic mass is 9.83. The van der Waals surface area contributed by atoms with Gasteiger partial charge in [0.25, 0.3) is 0 Å². The van der Waals surface area contributed by atoms with E-state index in [9.17, 15) is 10.1 Å². The number of nitriles is 1. The topological polar surface area (TPSA) is 94.6 Å². The van der Waals surface area contributed by atoms with Crippen LogP contribution >= 0.6 is 23.2 Å². The Bertz CT molecular complexity index is 1300. The van der Waals surface area contributed by atoms with Crippen molar-refractivity contribution in [1.82, 2.24) is 0 Å². The van der Waals surface area contributed by atoms with E-state index in [1.807, 2.05) is 31.2 Å². The average Bonchev–Trinajstić information content (AvgIpc) is 2.78. The molecule has 6 nitrogen and oxygen atoms in total. The smallest absolute Gasteiger partial charge is 0.349 e. The molecule has 1 atom stereocenters. The van der Waals surface area contributed by atoms with Crippen molar-refractivity contribution < 1.29 is 19.0 Å². The molecule has 3 aromatic rings. The minimum atomic E-state index is -0.631. The van der Waals surface area contributed by atoms with Crippen LogP contribution < -0.4 is 19.9 Å². The van der Waals surface area contributed by atoms with Crippen LogP contribution in [0.2, 0.25) is 10.0 Å². The number of benzene rings is 3. The molecular weight excluding hydrogens is 463 g/mol. The number of rotatable bonds is 5. The molecule has 1 aliphatic rings. The van der Waals surface area contributed by atoms with Gasteiger partial charge < -0.3 is 19.9 Å². The molecular formula is C25H18Cl2N2O4. The first kappa shape index (κ1) is 22.5. The van der Waals surface area contributed by atoms with Crippen LogP contribution in [0.4, 0.5) is 0 Å². The normalized spacial score (nSPS) is 14.7. The van der Waals surface area contributed by atoms with Crippen molar-refractivity contribution in [3.8, 4) is 23.3 Å². The number of aryl methyl sites for hydroxylation is 1. The van der Waals surface area contributed by atoms with Gasteiger partial charge in [-0.1, -0.05) is 59.1 Å². The summed E-state index contributed by atoms with van der Waals surface area (Å²) in [6, 6.07) is 19.6. The highest BCUT2D eigenvalue weighted by atomic mass is 35.5. The molecule has 0 radical (unpaired) electrons. The monoisotopic (exact) mass is 480 g/mol. The highest BCUT2D eigenvalue weighted by molar-refractivity contribution is 6.35. The quantitative estimate of drug-likeness (QED) is 0.382. The maximum absolute atomic E-state index is 12.3. The summed E-state index contributed by atoms with van der Waals surface area (Å²) in [6.07, 6.45) is 0. The zero-order valence-electron chi connectivity index (χ0n) is 17.5. The number of allylic oxidation sites excluding steroid dienone is 1. The molecule has 8 heteroatoms. The molecule has 0 saturated heterocycles. The maximum atomic E-state index is 12.3. The largest absolute Gasteiger partial charge is 0.480 e. The second-order valence-corrected chi connectivity index (χ2v) is 8.22. The van der Waals surface area contributed by atoms with Gasteiger partial charge in [0.15, 0.2) is 6.61 Å². The molecule has 3 aromatic carbocycles. The van der Waals surface area contributed by atoms with Gasteiger partial charge in [0.2, 0.25) is 5.88 Å². The lowest BCUT2D eigenvalue weighted by Crippen LogP contribution is -2.21. The Morgan fingerprint density at radius 2 is 1.88 bits per heavy atom. The van der Waals surface area contributed by atoms with Crippen LogP contribution in [0, 0.1) is 18.3 Å². The summed E-state index contributed by atoms with van der Waals surface area (Å²) in [4.78, 5) is 12.3. The molecule has 4 rings (SSSR count). The molecule has 1 unspecified atom stereocenters. The molecule has 0 fully saturated rings. The second kappa shape index (κ2) is 9.45. The summed E-state index contributed by atoms with van der Waals surface area (Å²) in [6.45, 7) is 1.63. The highest BCUT2D eigenvalue weighted by Gasteiger charge is 2.31. The van der Waals surface area contributed by atoms with Crippen LogP contribution in [0.1, 0.15) is 22.6 Å². The van der Waals surface area contributed by atoms with E-state index in [2.05, 4.69) is 6.07 Å². The third kappa shape index (κ3) is 4.90. The molecule has 2 N–H and O–H groups in total. The molecule has 166 valence electrons. The van der Waals surface area contributed by atoms with Gasteiger partial charge in [-0.15, -0.1) is 0 Å². The van der Waals surface area contributed by atoms with Crippen LogP contribution in [-0.4, -0.2) is 12.6 Å². The first-order chi connectivity index (χ1) is 15.9. The van der Waals surface area contributed by atoms with Gasteiger partial charge in [0.05, 0.1) is 10.9 Å². The molecule has 0 amide bonds. The SMILES string of the molecule is Cc1ccc(C2C(C#N)=C(N)Oc3cc(OC(=O)COc4ccc(Cl)cc4Cl)ccc32)cc1. The van der Waals surface area contributed by atoms with Gasteiger partial charge in [0, 0.05) is 16.7 Å². The lowest BCUT2D eigenvalue weighted by molar-refractivity contribution is -0.136. The number of fused-ring (bicyclic) bond motifs is 1. The van der Waals surface area contributed by atoms with E-state index < -0.39 is 5.97 Å². The van der Waals surface area contributed by atoms with Crippen molar-refractivity contribution in [3.05, 3.63) is 98.9 Å². The Hall–Kier alpha value is -3.66. The van der Waals surface area contributed by atoms with Gasteiger partial charge >= 0.3 is 5.97 Å². The molecule has 0 bridgehead atoms. The van der Waals surface area contributed by atoms with E-state index in [0.717, 1.165) is 16.7 Å². The van der Waals surface area contributed by atoms with Gasteiger partial charge in [0.1, 0.15) is 28.9 Å². The summed E-state index contributed by atoms with van der Waals surface area (Å²) in [5.74, 6) is -0.0357. The fraction of sp³-hybridized carbons (Fsp3) is 0.120. The van der Waals surface area contributed by atoms with Gasteiger partial charge in [-0.3, -0.25) is 0 Å². The number of carbonyl (C=O) groups excluding carboxylic acids is 1. The number of ether oxygens (including phenoxy) is 3. The summed E-state index contributed by atoms with van der Waals surface area (Å²) < 4.78 is 16.5. The van der Waals surface area contributed by atoms with Crippen molar-refractivity contribution >= 4 is 29.2 Å². The minimum absolute atomic E-state index is 0.0137. The molecule has 0 aromatic heterocycles. The summed E-state index contributed by atoms with van der Waals surface area (Å²) in [5, 5.41) is 10.4. The number of hydrogen-bond donors (Lipinski definition) is 1. The summed E-state index contributed by atoms with van der Waals surface area (Å²) in [5.41, 5.74) is 9.11. The predicted octanol–water partition coefficient (Wildman–Crippen LogP) is 5.50. The summed E-state index contributed by atoms with van der Waals surface area (Å²) >= 11 is 11.9. The second-order valence-electron chi connectivity index (χ2n) is 7.37. The first-order valence-corrected chi connectivity index (χ1v) is 10.7. The van der Waals surface area contributed by atoms with Crippen molar-refractivity contribution in [1.29, 1.82) is 5.26 Å². The van der Waals surface area contributed by atoms with Gasteiger partial charge in [-0.05, 0) is 36.8 Å². The van der Waals surface area contributed by atoms with E-state index in [1.54, 1.807) is 30.3 Å². The standard InChI is InChI=1S/C25H18Cl2N2O4/c1-14-2-4-15(5-3-14)24-18-8-7-17(11-22(18)33-25(29)19(24)12-28)32-23(30)13-31-21-9-6-16(26)10-20(21)27/h2-11,24H,13,29H2,1H3. The zero-order valence-corrected chi connectivity index (χ0v) is 19.0. The molecule has 0 saturated carbocycles. The Labute approximate surface area is 200 Å². The van der Waals surface area contributed by atoms with E-state index >= 15 is 0 Å². The van der Waals surface area contributed by atoms with Gasteiger partial charge in [-0.2, -0.15) is 5.26 Å². The predicted molar refractivity (Wildman–Crippen MR) is 125 cm³/mol. The van der Waals surface area contributed by atoms with E-state index in [1.165, 1.54) is 6.07 Å². The highest BCUT2D eigenvalue weighted by Crippen LogP contribution is 2.43. The fourth-order valence-electron chi connectivity index (χ4n) is 3.49. The van der Waals surface area contributed by atoms with Crippen molar-refractivity contribution in [3.63, 3.8) is 0 Å². The van der Waals surface area contributed by atoms with Crippen LogP contribution in [0.5, 0.6) is 17.2 Å². The zero-order chi connectivity index (χ0) is 23.5. The van der Waals surface area contributed by atoms with Crippen LogP contribution in [0.15, 0.2) is 72.1 Å². The van der Waals surface area contributed by atoms with E-state index in [0.29, 0.717) is 22.1 Å². The molecule has 0 spiro atoms. The lowest BCUT2D eigenvalue weighted by Gasteiger charge is -2.26. The first-order valence-electron chi connectivity index (χ1n) is 9.92. The maximum Gasteiger partial charge on any atom is 0.349 e. The number of esters is 1. The third-order valence-electron chi connectivity index (χ3n) is 5.07. The molecule has 33 heavy (non-hydrogen) atoms. The number of hydrogen-bond acceptors (Lipinski definition) is 6. The molecule has 0 aliphatic carbocycles. The van der Waals surface area contributed by atoms with Crippen LogP contribution in [0.3, 0.4) is 0 Å². The van der Waals surface area contributed by atoms with E-state index in [4.69, 9.17) is 43.1 Å². The average molecular weight is 481 g/mol. The Morgan fingerprint density at radius 1 is 1.12 bits per heavy atom. The van der Waals surface area contributed by atoms with E-state index in [-0.39, 0.29) is 29.2 Å². The molecule has 1 heterocycles. The number of nitrogens with two attached hydrogens (primary N) is 1.